The fraction of sp³-hybridized carbons (Fsp3) is 0.294. The van der Waals surface area contributed by atoms with E-state index in [9.17, 15) is 0 Å². The average Bonchev–Trinajstić information content (AvgIpc) is 3.02. The number of aryl methyl sites for hydroxylation is 1. The molecule has 1 aromatic carbocycles. The Morgan fingerprint density at radius 1 is 1.11 bits per heavy atom. The van der Waals surface area contributed by atoms with Crippen molar-refractivity contribution in [3.8, 4) is 0 Å². The Morgan fingerprint density at radius 3 is 2.89 bits per heavy atom. The van der Waals surface area contributed by atoms with Gasteiger partial charge in [-0.25, -0.2) is 0 Å². The van der Waals surface area contributed by atoms with E-state index in [4.69, 9.17) is 0 Å². The topological polar surface area (TPSA) is 4.93 Å². The summed E-state index contributed by atoms with van der Waals surface area (Å²) in [4.78, 5) is 0. The van der Waals surface area contributed by atoms with Gasteiger partial charge in [-0.2, -0.15) is 0 Å². The second-order valence-corrected chi connectivity index (χ2v) is 4.95. The quantitative estimate of drug-likeness (QED) is 0.740. The van der Waals surface area contributed by atoms with Gasteiger partial charge in [0.15, 0.2) is 0 Å². The maximum Gasteiger partial charge on any atom is 0.0432 e. The van der Waals surface area contributed by atoms with E-state index in [0.717, 1.165) is 6.54 Å². The summed E-state index contributed by atoms with van der Waals surface area (Å²) in [5.74, 6) is 0.438. The first-order chi connectivity index (χ1) is 8.90. The van der Waals surface area contributed by atoms with Crippen molar-refractivity contribution in [2.45, 2.75) is 32.2 Å². The second-order valence-electron chi connectivity index (χ2n) is 4.95. The maximum absolute atomic E-state index is 2.40. The van der Waals surface area contributed by atoms with Crippen LogP contribution in [0.1, 0.15) is 42.5 Å². The van der Waals surface area contributed by atoms with E-state index in [0.29, 0.717) is 5.92 Å². The first kappa shape index (κ1) is 11.3. The molecule has 0 amide bonds. The van der Waals surface area contributed by atoms with Gasteiger partial charge in [-0.1, -0.05) is 49.8 Å². The Bertz CT molecular complexity index is 562. The number of hydrogen-bond acceptors (Lipinski definition) is 0. The van der Waals surface area contributed by atoms with Crippen LogP contribution < -0.4 is 0 Å². The molecule has 0 saturated carbocycles. The molecule has 0 fully saturated rings. The Kier molecular flexibility index (Phi) is 3.06. The van der Waals surface area contributed by atoms with Gasteiger partial charge >= 0.3 is 0 Å². The molecule has 2 aromatic rings. The number of hydrogen-bond donors (Lipinski definition) is 0. The summed E-state index contributed by atoms with van der Waals surface area (Å²) in [5.41, 5.74) is 4.23. The molecular weight excluding hydrogens is 218 g/mol. The first-order valence-electron chi connectivity index (χ1n) is 6.82. The molecule has 1 atom stereocenters. The monoisotopic (exact) mass is 237 g/mol. The van der Waals surface area contributed by atoms with E-state index in [1.165, 1.54) is 29.7 Å². The Hall–Kier alpha value is -1.76. The minimum absolute atomic E-state index is 0.438. The summed E-state index contributed by atoms with van der Waals surface area (Å²) >= 11 is 0. The van der Waals surface area contributed by atoms with Gasteiger partial charge in [-0.05, 0) is 29.7 Å². The molecule has 1 heterocycles. The minimum Gasteiger partial charge on any atom is -0.351 e. The minimum atomic E-state index is 0.438. The predicted molar refractivity (Wildman–Crippen MR) is 76.7 cm³/mol. The molecule has 1 aromatic heterocycles. The zero-order valence-electron chi connectivity index (χ0n) is 10.8. The largest absolute Gasteiger partial charge is 0.351 e. The van der Waals surface area contributed by atoms with Crippen molar-refractivity contribution in [3.63, 3.8) is 0 Å². The Labute approximate surface area is 109 Å². The molecule has 0 radical (unpaired) electrons. The fourth-order valence-corrected chi connectivity index (χ4v) is 2.75. The van der Waals surface area contributed by atoms with E-state index < -0.39 is 0 Å². The van der Waals surface area contributed by atoms with Crippen LogP contribution in [0.25, 0.3) is 6.08 Å². The highest BCUT2D eigenvalue weighted by Gasteiger charge is 2.20. The normalized spacial score (nSPS) is 17.1. The highest BCUT2D eigenvalue weighted by atomic mass is 15.0. The smallest absolute Gasteiger partial charge is 0.0432 e. The van der Waals surface area contributed by atoms with Crippen molar-refractivity contribution >= 4 is 6.08 Å². The van der Waals surface area contributed by atoms with E-state index in [1.807, 2.05) is 0 Å². The van der Waals surface area contributed by atoms with E-state index in [-0.39, 0.29) is 0 Å². The van der Waals surface area contributed by atoms with E-state index in [1.54, 1.807) is 0 Å². The molecular formula is C17H19N. The summed E-state index contributed by atoms with van der Waals surface area (Å²) in [6.45, 7) is 3.37. The van der Waals surface area contributed by atoms with Crippen LogP contribution in [0.5, 0.6) is 0 Å². The van der Waals surface area contributed by atoms with Gasteiger partial charge in [0.25, 0.3) is 0 Å². The van der Waals surface area contributed by atoms with Gasteiger partial charge in [-0.3, -0.25) is 0 Å². The number of benzene rings is 1. The van der Waals surface area contributed by atoms with Crippen LogP contribution in [0.4, 0.5) is 0 Å². The van der Waals surface area contributed by atoms with Crippen molar-refractivity contribution in [2.24, 2.45) is 0 Å². The lowest BCUT2D eigenvalue weighted by Gasteiger charge is -2.15. The standard InChI is InChI=1S/C17H19N/c1-2-3-12-18-13-6-9-17(18)16-11-10-14-7-4-5-8-15(14)16/h4-11,13,16H,2-3,12H2,1H3. The lowest BCUT2D eigenvalue weighted by Crippen LogP contribution is -2.06. The lowest BCUT2D eigenvalue weighted by atomic mass is 9.97. The highest BCUT2D eigenvalue weighted by molar-refractivity contribution is 5.64. The highest BCUT2D eigenvalue weighted by Crippen LogP contribution is 2.35. The molecule has 0 bridgehead atoms. The van der Waals surface area contributed by atoms with Crippen molar-refractivity contribution in [2.75, 3.05) is 0 Å². The van der Waals surface area contributed by atoms with Gasteiger partial charge in [-0.15, -0.1) is 0 Å². The third-order valence-electron chi connectivity index (χ3n) is 3.74. The lowest BCUT2D eigenvalue weighted by molar-refractivity contribution is 0.608. The molecule has 0 N–H and O–H groups in total. The molecule has 0 spiro atoms. The van der Waals surface area contributed by atoms with Crippen LogP contribution in [0.3, 0.4) is 0 Å². The van der Waals surface area contributed by atoms with Crippen molar-refractivity contribution in [3.05, 3.63) is 65.5 Å². The second kappa shape index (κ2) is 4.85. The molecule has 0 aliphatic heterocycles. The van der Waals surface area contributed by atoms with Gasteiger partial charge in [0.05, 0.1) is 0 Å². The first-order valence-corrected chi connectivity index (χ1v) is 6.82. The van der Waals surface area contributed by atoms with Crippen LogP contribution in [-0.4, -0.2) is 4.57 Å². The van der Waals surface area contributed by atoms with Gasteiger partial charge in [0, 0.05) is 24.4 Å². The third-order valence-corrected chi connectivity index (χ3v) is 3.74. The summed E-state index contributed by atoms with van der Waals surface area (Å²) in [6.07, 6.45) is 9.27. The van der Waals surface area contributed by atoms with Crippen LogP contribution in [0.15, 0.2) is 48.7 Å². The van der Waals surface area contributed by atoms with Crippen LogP contribution in [-0.2, 0) is 6.54 Å². The number of nitrogens with zero attached hydrogens (tertiary/aromatic N) is 1. The SMILES string of the molecule is CCCCn1cccc1C1C=Cc2ccccc21. The number of rotatable bonds is 4. The Morgan fingerprint density at radius 2 is 2.00 bits per heavy atom. The number of fused-ring (bicyclic) bond motifs is 1. The molecule has 0 saturated heterocycles. The molecule has 92 valence electrons. The molecule has 18 heavy (non-hydrogen) atoms. The fourth-order valence-electron chi connectivity index (χ4n) is 2.75. The van der Waals surface area contributed by atoms with Crippen molar-refractivity contribution < 1.29 is 0 Å². The van der Waals surface area contributed by atoms with Crippen molar-refractivity contribution in [1.29, 1.82) is 0 Å². The zero-order chi connectivity index (χ0) is 12.4. The summed E-state index contributed by atoms with van der Waals surface area (Å²) < 4.78 is 2.40. The van der Waals surface area contributed by atoms with Crippen LogP contribution in [0.2, 0.25) is 0 Å². The number of aromatic nitrogens is 1. The molecule has 1 heteroatoms. The van der Waals surface area contributed by atoms with Crippen LogP contribution in [0, 0.1) is 0 Å². The molecule has 1 nitrogen and oxygen atoms in total. The van der Waals surface area contributed by atoms with Gasteiger partial charge < -0.3 is 4.57 Å². The van der Waals surface area contributed by atoms with E-state index in [2.05, 4.69) is 66.2 Å². The zero-order valence-corrected chi connectivity index (χ0v) is 10.8. The molecule has 1 aliphatic carbocycles. The van der Waals surface area contributed by atoms with Crippen molar-refractivity contribution in [1.82, 2.24) is 4.57 Å². The molecule has 1 unspecified atom stereocenters. The predicted octanol–water partition coefficient (Wildman–Crippen LogP) is 4.45. The number of unbranched alkanes of at least 4 members (excludes halogenated alkanes) is 1. The average molecular weight is 237 g/mol. The summed E-state index contributed by atoms with van der Waals surface area (Å²) in [6, 6.07) is 13.1. The summed E-state index contributed by atoms with van der Waals surface area (Å²) in [7, 11) is 0. The molecule has 3 rings (SSSR count). The van der Waals surface area contributed by atoms with Gasteiger partial charge in [0.1, 0.15) is 0 Å². The van der Waals surface area contributed by atoms with Crippen LogP contribution >= 0.6 is 0 Å². The Balaban J connectivity index is 1.93. The summed E-state index contributed by atoms with van der Waals surface area (Å²) in [5, 5.41) is 0. The maximum atomic E-state index is 2.40. The van der Waals surface area contributed by atoms with E-state index >= 15 is 0 Å². The third kappa shape index (κ3) is 1.90. The van der Waals surface area contributed by atoms with Gasteiger partial charge in [0.2, 0.25) is 0 Å². The number of allylic oxidation sites excluding steroid dienone is 1. The molecule has 1 aliphatic rings.